The van der Waals surface area contributed by atoms with Crippen molar-refractivity contribution in [3.05, 3.63) is 29.1 Å². The molecular weight excluding hydrogens is 423 g/mol. The summed E-state index contributed by atoms with van der Waals surface area (Å²) in [5.41, 5.74) is 3.09. The number of nitrogens with zero attached hydrogens (tertiary/aromatic N) is 2. The molecule has 2 aromatic rings. The third kappa shape index (κ3) is 6.66. The van der Waals surface area contributed by atoms with Crippen LogP contribution in [0, 0.1) is 0 Å². The topological polar surface area (TPSA) is 71.8 Å². The Morgan fingerprint density at radius 3 is 2.78 bits per heavy atom. The summed E-state index contributed by atoms with van der Waals surface area (Å²) in [4.78, 5) is 17.3. The van der Waals surface area contributed by atoms with Gasteiger partial charge in [-0.3, -0.25) is 0 Å². The summed E-state index contributed by atoms with van der Waals surface area (Å²) < 4.78 is 24.9. The molecule has 9 heteroatoms. The zero-order chi connectivity index (χ0) is 23.1. The predicted molar refractivity (Wildman–Crippen MR) is 130 cm³/mol. The Hall–Kier alpha value is -1.68. The largest absolute Gasteiger partial charge is 0.465 e. The molecule has 0 saturated carbocycles. The van der Waals surface area contributed by atoms with Crippen LogP contribution in [0.15, 0.2) is 12.1 Å². The van der Waals surface area contributed by atoms with Gasteiger partial charge in [0.15, 0.2) is 6.29 Å². The van der Waals surface area contributed by atoms with Crippen LogP contribution in [0.1, 0.15) is 41.0 Å². The van der Waals surface area contributed by atoms with E-state index in [4.69, 9.17) is 23.9 Å². The van der Waals surface area contributed by atoms with Crippen molar-refractivity contribution in [3.63, 3.8) is 0 Å². The molecule has 1 fully saturated rings. The standard InChI is InChI=1S/C23H37BN2O5Si/c1-24-14-17-12-18(23(27)28-2)22-19(13-17)26(16-29-10-11-32(3,4)5)20(25-22)15-31-21-8-6-7-9-30-21/h12-13,21,24H,6-11,14-16H2,1-5H3. The highest BCUT2D eigenvalue weighted by atomic mass is 28.3. The Labute approximate surface area is 193 Å². The molecule has 1 aromatic heterocycles. The van der Waals surface area contributed by atoms with Gasteiger partial charge < -0.3 is 23.5 Å². The maximum Gasteiger partial charge on any atom is 0.340 e. The smallest absolute Gasteiger partial charge is 0.340 e. The van der Waals surface area contributed by atoms with Crippen molar-refractivity contribution in [3.8, 4) is 0 Å². The minimum atomic E-state index is -1.19. The number of carbonyl (C=O) groups excluding carboxylic acids is 1. The number of aromatic nitrogens is 2. The van der Waals surface area contributed by atoms with Crippen molar-refractivity contribution in [1.29, 1.82) is 0 Å². The molecule has 0 radical (unpaired) electrons. The first-order valence-electron chi connectivity index (χ1n) is 11.7. The zero-order valence-corrected chi connectivity index (χ0v) is 21.2. The normalized spacial score (nSPS) is 17.0. The zero-order valence-electron chi connectivity index (χ0n) is 20.2. The molecule has 7 nitrogen and oxygen atoms in total. The second kappa shape index (κ2) is 11.5. The molecule has 1 aliphatic heterocycles. The van der Waals surface area contributed by atoms with Crippen LogP contribution in [0.3, 0.4) is 0 Å². The van der Waals surface area contributed by atoms with Crippen LogP contribution >= 0.6 is 0 Å². The molecule has 2 heterocycles. The van der Waals surface area contributed by atoms with Crippen LogP contribution in [0.5, 0.6) is 0 Å². The van der Waals surface area contributed by atoms with E-state index in [0.29, 0.717) is 31.0 Å². The second-order valence-corrected chi connectivity index (χ2v) is 15.3. The van der Waals surface area contributed by atoms with Crippen molar-refractivity contribution >= 4 is 32.4 Å². The molecule has 0 amide bonds. The summed E-state index contributed by atoms with van der Waals surface area (Å²) in [6.07, 6.45) is 3.74. The van der Waals surface area contributed by atoms with E-state index in [-0.39, 0.29) is 12.3 Å². The first kappa shape index (κ1) is 25.0. The first-order chi connectivity index (χ1) is 15.3. The van der Waals surface area contributed by atoms with Gasteiger partial charge in [-0.05, 0) is 37.4 Å². The molecule has 0 spiro atoms. The Morgan fingerprint density at radius 2 is 2.12 bits per heavy atom. The number of esters is 1. The molecule has 1 aromatic carbocycles. The van der Waals surface area contributed by atoms with Crippen LogP contribution in [-0.4, -0.2) is 57.5 Å². The van der Waals surface area contributed by atoms with Crippen LogP contribution in [0.4, 0.5) is 0 Å². The van der Waals surface area contributed by atoms with E-state index >= 15 is 0 Å². The van der Waals surface area contributed by atoms with Gasteiger partial charge in [0, 0.05) is 21.3 Å². The van der Waals surface area contributed by atoms with Gasteiger partial charge in [0.25, 0.3) is 0 Å². The van der Waals surface area contributed by atoms with Gasteiger partial charge in [-0.15, -0.1) is 0 Å². The molecule has 0 bridgehead atoms. The fraction of sp³-hybridized carbons (Fsp3) is 0.652. The van der Waals surface area contributed by atoms with Gasteiger partial charge in [0.1, 0.15) is 32.0 Å². The number of imidazole rings is 1. The highest BCUT2D eigenvalue weighted by molar-refractivity contribution is 6.76. The van der Waals surface area contributed by atoms with E-state index in [1.54, 1.807) is 0 Å². The van der Waals surface area contributed by atoms with Crippen LogP contribution in [0.25, 0.3) is 11.0 Å². The predicted octanol–water partition coefficient (Wildman–Crippen LogP) is 4.16. The second-order valence-electron chi connectivity index (χ2n) is 9.66. The van der Waals surface area contributed by atoms with Gasteiger partial charge in [-0.2, -0.15) is 0 Å². The van der Waals surface area contributed by atoms with Crippen LogP contribution in [0.2, 0.25) is 32.5 Å². The third-order valence-electron chi connectivity index (χ3n) is 5.69. The van der Waals surface area contributed by atoms with Gasteiger partial charge in [-0.1, -0.05) is 38.3 Å². The van der Waals surface area contributed by atoms with Gasteiger partial charge in [0.2, 0.25) is 0 Å². The average Bonchev–Trinajstić information content (AvgIpc) is 3.12. The molecule has 1 aliphatic rings. The quantitative estimate of drug-likeness (QED) is 0.285. The fourth-order valence-corrected chi connectivity index (χ4v) is 4.58. The third-order valence-corrected chi connectivity index (χ3v) is 7.39. The summed E-state index contributed by atoms with van der Waals surface area (Å²) in [7, 11) is 1.21. The number of methoxy groups -OCH3 is 1. The number of benzene rings is 1. The minimum Gasteiger partial charge on any atom is -0.465 e. The first-order valence-corrected chi connectivity index (χ1v) is 15.4. The van der Waals surface area contributed by atoms with Crippen LogP contribution in [-0.2, 0) is 38.6 Å². The molecular formula is C23H37BN2O5Si. The highest BCUT2D eigenvalue weighted by Crippen LogP contribution is 2.25. The van der Waals surface area contributed by atoms with Crippen molar-refractivity contribution < 1.29 is 23.7 Å². The molecule has 176 valence electrons. The maximum atomic E-state index is 12.5. The van der Waals surface area contributed by atoms with Crippen molar-refractivity contribution in [2.75, 3.05) is 20.3 Å². The minimum absolute atomic E-state index is 0.208. The van der Waals surface area contributed by atoms with E-state index in [2.05, 4.69) is 32.5 Å². The summed E-state index contributed by atoms with van der Waals surface area (Å²) in [6.45, 7) is 11.3. The highest BCUT2D eigenvalue weighted by Gasteiger charge is 2.22. The molecule has 3 rings (SSSR count). The summed E-state index contributed by atoms with van der Waals surface area (Å²) in [6, 6.07) is 5.10. The Balaban J connectivity index is 1.92. The van der Waals surface area contributed by atoms with Crippen LogP contribution < -0.4 is 0 Å². The van der Waals surface area contributed by atoms with E-state index in [0.717, 1.165) is 62.4 Å². The van der Waals surface area contributed by atoms with E-state index < -0.39 is 8.07 Å². The SMILES string of the molecule is CBCc1cc(C(=O)OC)c2nc(COC3CCCCO3)n(COCC[Si](C)(C)C)c2c1. The van der Waals surface area contributed by atoms with E-state index in [9.17, 15) is 4.79 Å². The molecule has 1 atom stereocenters. The monoisotopic (exact) mass is 460 g/mol. The molecule has 1 saturated heterocycles. The Bertz CT molecular complexity index is 906. The van der Waals surface area contributed by atoms with Gasteiger partial charge >= 0.3 is 5.97 Å². The van der Waals surface area contributed by atoms with Gasteiger partial charge in [0.05, 0.1) is 18.2 Å². The molecule has 1 unspecified atom stereocenters. The maximum absolute atomic E-state index is 12.5. The fourth-order valence-electron chi connectivity index (χ4n) is 3.83. The number of fused-ring (bicyclic) bond motifs is 1. The van der Waals surface area contributed by atoms with Gasteiger partial charge in [-0.25, -0.2) is 9.78 Å². The Morgan fingerprint density at radius 1 is 1.31 bits per heavy atom. The lowest BCUT2D eigenvalue weighted by molar-refractivity contribution is -0.170. The lowest BCUT2D eigenvalue weighted by Gasteiger charge is -2.22. The number of rotatable bonds is 11. The molecule has 0 N–H and O–H groups in total. The van der Waals surface area contributed by atoms with Crippen molar-refractivity contribution in [1.82, 2.24) is 9.55 Å². The average molecular weight is 460 g/mol. The molecule has 32 heavy (non-hydrogen) atoms. The summed E-state index contributed by atoms with van der Waals surface area (Å²) in [5.74, 6) is 0.362. The van der Waals surface area contributed by atoms with E-state index in [1.807, 2.05) is 10.6 Å². The number of carbonyl (C=O) groups is 1. The van der Waals surface area contributed by atoms with Crippen molar-refractivity contribution in [2.45, 2.75) is 77.7 Å². The Kier molecular flexibility index (Phi) is 8.93. The lowest BCUT2D eigenvalue weighted by Crippen LogP contribution is -2.23. The van der Waals surface area contributed by atoms with E-state index in [1.165, 1.54) is 7.11 Å². The summed E-state index contributed by atoms with van der Waals surface area (Å²) >= 11 is 0. The summed E-state index contributed by atoms with van der Waals surface area (Å²) in [5, 5.41) is 0. The van der Waals surface area contributed by atoms with Crippen molar-refractivity contribution in [2.24, 2.45) is 0 Å². The molecule has 0 aliphatic carbocycles. The lowest BCUT2D eigenvalue weighted by atomic mass is 9.75. The number of hydrogen-bond acceptors (Lipinski definition) is 6. The number of ether oxygens (including phenoxy) is 4. The number of hydrogen-bond donors (Lipinski definition) is 0.